The summed E-state index contributed by atoms with van der Waals surface area (Å²) in [6.07, 6.45) is 0.0387. The van der Waals surface area contributed by atoms with Crippen LogP contribution in [0.3, 0.4) is 0 Å². The summed E-state index contributed by atoms with van der Waals surface area (Å²) >= 11 is 5.80. The van der Waals surface area contributed by atoms with E-state index in [2.05, 4.69) is 5.32 Å². The summed E-state index contributed by atoms with van der Waals surface area (Å²) in [5, 5.41) is 13.3. The minimum atomic E-state index is -0.524. The molecular weight excluding hydrogens is 220 g/mol. The summed E-state index contributed by atoms with van der Waals surface area (Å²) in [5.74, 6) is -0.239. The Morgan fingerprint density at radius 2 is 2.27 bits per heavy atom. The zero-order valence-electron chi connectivity index (χ0n) is 7.99. The number of benzene rings is 1. The van der Waals surface area contributed by atoms with Gasteiger partial charge in [-0.1, -0.05) is 11.6 Å². The number of likely N-dealkylation sites (N-methyl/N-ethyl adjacent to an activating group) is 1. The van der Waals surface area contributed by atoms with Crippen molar-refractivity contribution >= 4 is 23.2 Å². The number of hydrogen-bond acceptors (Lipinski definition) is 3. The van der Waals surface area contributed by atoms with Gasteiger partial charge in [0, 0.05) is 24.2 Å². The number of halogens is 1. The number of non-ortho nitro benzene ring substituents is 1. The van der Waals surface area contributed by atoms with Gasteiger partial charge in [-0.25, -0.2) is 0 Å². The summed E-state index contributed by atoms with van der Waals surface area (Å²) in [6.45, 7) is 0. The van der Waals surface area contributed by atoms with E-state index in [0.29, 0.717) is 10.6 Å². The van der Waals surface area contributed by atoms with Crippen LogP contribution in [0.4, 0.5) is 5.69 Å². The Bertz CT molecular complexity index is 406. The van der Waals surface area contributed by atoms with Crippen LogP contribution in [0.5, 0.6) is 0 Å². The van der Waals surface area contributed by atoms with Crippen LogP contribution in [0.2, 0.25) is 5.02 Å². The lowest BCUT2D eigenvalue weighted by Gasteiger charge is -2.02. The van der Waals surface area contributed by atoms with Crippen LogP contribution in [-0.2, 0) is 11.2 Å². The minimum Gasteiger partial charge on any atom is -0.359 e. The van der Waals surface area contributed by atoms with E-state index in [1.807, 2.05) is 0 Å². The number of hydrogen-bond donors (Lipinski definition) is 1. The first-order valence-electron chi connectivity index (χ1n) is 4.18. The maximum Gasteiger partial charge on any atom is 0.269 e. The molecule has 0 aliphatic rings. The van der Waals surface area contributed by atoms with E-state index in [-0.39, 0.29) is 18.0 Å². The third-order valence-electron chi connectivity index (χ3n) is 1.87. The standard InChI is InChI=1S/C9H9ClN2O3/c1-11-9(13)5-6-4-7(12(14)15)2-3-8(6)10/h2-4H,5H2,1H3,(H,11,13). The van der Waals surface area contributed by atoms with Gasteiger partial charge >= 0.3 is 0 Å². The Morgan fingerprint density at radius 3 is 2.80 bits per heavy atom. The molecule has 1 amide bonds. The number of nitro benzene ring substituents is 1. The van der Waals surface area contributed by atoms with E-state index in [4.69, 9.17) is 11.6 Å². The maximum absolute atomic E-state index is 11.1. The molecule has 0 spiro atoms. The molecule has 1 N–H and O–H groups in total. The van der Waals surface area contributed by atoms with E-state index in [1.54, 1.807) is 0 Å². The second-order valence-electron chi connectivity index (χ2n) is 2.88. The smallest absolute Gasteiger partial charge is 0.269 e. The van der Waals surface area contributed by atoms with Crippen molar-refractivity contribution in [2.45, 2.75) is 6.42 Å². The van der Waals surface area contributed by atoms with E-state index in [9.17, 15) is 14.9 Å². The largest absolute Gasteiger partial charge is 0.359 e. The van der Waals surface area contributed by atoms with Crippen molar-refractivity contribution in [3.05, 3.63) is 38.9 Å². The molecular formula is C9H9ClN2O3. The zero-order valence-corrected chi connectivity index (χ0v) is 8.75. The minimum absolute atomic E-state index is 0.0387. The molecule has 6 heteroatoms. The molecule has 1 aromatic carbocycles. The number of carbonyl (C=O) groups is 1. The highest BCUT2D eigenvalue weighted by Crippen LogP contribution is 2.22. The number of rotatable bonds is 3. The second kappa shape index (κ2) is 4.75. The molecule has 0 aliphatic heterocycles. The van der Waals surface area contributed by atoms with Crippen LogP contribution in [0.15, 0.2) is 18.2 Å². The first-order valence-corrected chi connectivity index (χ1v) is 4.55. The average Bonchev–Trinajstić information content (AvgIpc) is 2.20. The Kier molecular flexibility index (Phi) is 3.62. The highest BCUT2D eigenvalue weighted by atomic mass is 35.5. The predicted octanol–water partition coefficient (Wildman–Crippen LogP) is 1.54. The molecule has 15 heavy (non-hydrogen) atoms. The summed E-state index contributed by atoms with van der Waals surface area (Å²) in [6, 6.07) is 4.02. The van der Waals surface area contributed by atoms with Crippen LogP contribution in [-0.4, -0.2) is 17.9 Å². The molecule has 0 saturated heterocycles. The Labute approximate surface area is 91.2 Å². The fourth-order valence-corrected chi connectivity index (χ4v) is 1.26. The second-order valence-corrected chi connectivity index (χ2v) is 3.29. The van der Waals surface area contributed by atoms with Crippen molar-refractivity contribution in [3.63, 3.8) is 0 Å². The number of nitro groups is 1. The van der Waals surface area contributed by atoms with Gasteiger partial charge in [0.1, 0.15) is 0 Å². The topological polar surface area (TPSA) is 72.2 Å². The molecule has 1 aromatic rings. The monoisotopic (exact) mass is 228 g/mol. The van der Waals surface area contributed by atoms with Crippen LogP contribution in [0, 0.1) is 10.1 Å². The van der Waals surface area contributed by atoms with Crippen LogP contribution < -0.4 is 5.32 Å². The van der Waals surface area contributed by atoms with Crippen molar-refractivity contribution in [2.24, 2.45) is 0 Å². The molecule has 0 fully saturated rings. The number of carbonyl (C=O) groups excluding carboxylic acids is 1. The fraction of sp³-hybridized carbons (Fsp3) is 0.222. The summed E-state index contributed by atoms with van der Waals surface area (Å²) in [7, 11) is 1.49. The van der Waals surface area contributed by atoms with Gasteiger partial charge in [-0.2, -0.15) is 0 Å². The predicted molar refractivity (Wildman–Crippen MR) is 55.9 cm³/mol. The van der Waals surface area contributed by atoms with Gasteiger partial charge in [0.2, 0.25) is 5.91 Å². The van der Waals surface area contributed by atoms with E-state index < -0.39 is 4.92 Å². The van der Waals surface area contributed by atoms with Crippen molar-refractivity contribution in [1.29, 1.82) is 0 Å². The highest BCUT2D eigenvalue weighted by Gasteiger charge is 2.11. The van der Waals surface area contributed by atoms with Gasteiger partial charge in [-0.15, -0.1) is 0 Å². The van der Waals surface area contributed by atoms with Crippen LogP contribution in [0.1, 0.15) is 5.56 Å². The normalized spacial score (nSPS) is 9.73. The van der Waals surface area contributed by atoms with E-state index in [1.165, 1.54) is 25.2 Å². The molecule has 0 heterocycles. The van der Waals surface area contributed by atoms with Gasteiger partial charge < -0.3 is 5.32 Å². The lowest BCUT2D eigenvalue weighted by atomic mass is 10.1. The number of nitrogens with zero attached hydrogens (tertiary/aromatic N) is 1. The van der Waals surface area contributed by atoms with Gasteiger partial charge in [0.05, 0.1) is 11.3 Å². The molecule has 5 nitrogen and oxygen atoms in total. The lowest BCUT2D eigenvalue weighted by Crippen LogP contribution is -2.20. The first-order chi connectivity index (χ1) is 7.04. The average molecular weight is 229 g/mol. The molecule has 0 bridgehead atoms. The van der Waals surface area contributed by atoms with Crippen molar-refractivity contribution in [2.75, 3.05) is 7.05 Å². The molecule has 0 atom stereocenters. The molecule has 0 saturated carbocycles. The Balaban J connectivity index is 3.00. The Morgan fingerprint density at radius 1 is 1.60 bits per heavy atom. The lowest BCUT2D eigenvalue weighted by molar-refractivity contribution is -0.384. The zero-order chi connectivity index (χ0) is 11.4. The van der Waals surface area contributed by atoms with Gasteiger partial charge in [0.15, 0.2) is 0 Å². The number of amides is 1. The molecule has 1 rings (SSSR count). The van der Waals surface area contributed by atoms with Crippen LogP contribution in [0.25, 0.3) is 0 Å². The quantitative estimate of drug-likeness (QED) is 0.630. The molecule has 80 valence electrons. The van der Waals surface area contributed by atoms with Crippen molar-refractivity contribution in [1.82, 2.24) is 5.32 Å². The highest BCUT2D eigenvalue weighted by molar-refractivity contribution is 6.31. The third-order valence-corrected chi connectivity index (χ3v) is 2.24. The van der Waals surface area contributed by atoms with Gasteiger partial charge in [-0.05, 0) is 11.6 Å². The van der Waals surface area contributed by atoms with Crippen molar-refractivity contribution in [3.8, 4) is 0 Å². The number of nitrogens with one attached hydrogen (secondary N) is 1. The SMILES string of the molecule is CNC(=O)Cc1cc([N+](=O)[O-])ccc1Cl. The molecule has 0 aromatic heterocycles. The molecule has 0 unspecified atom stereocenters. The van der Waals surface area contributed by atoms with Crippen molar-refractivity contribution < 1.29 is 9.72 Å². The van der Waals surface area contributed by atoms with E-state index in [0.717, 1.165) is 0 Å². The Hall–Kier alpha value is -1.62. The third kappa shape index (κ3) is 2.92. The molecule has 0 aliphatic carbocycles. The van der Waals surface area contributed by atoms with Gasteiger partial charge in [-0.3, -0.25) is 14.9 Å². The van der Waals surface area contributed by atoms with Gasteiger partial charge in [0.25, 0.3) is 5.69 Å². The summed E-state index contributed by atoms with van der Waals surface area (Å²) in [4.78, 5) is 21.0. The summed E-state index contributed by atoms with van der Waals surface area (Å²) in [5.41, 5.74) is 0.378. The maximum atomic E-state index is 11.1. The fourth-order valence-electron chi connectivity index (χ4n) is 1.07. The van der Waals surface area contributed by atoms with Crippen LogP contribution >= 0.6 is 11.6 Å². The summed E-state index contributed by atoms with van der Waals surface area (Å²) < 4.78 is 0. The molecule has 0 radical (unpaired) electrons. The first kappa shape index (κ1) is 11.5. The van der Waals surface area contributed by atoms with E-state index >= 15 is 0 Å².